The summed E-state index contributed by atoms with van der Waals surface area (Å²) in [6.07, 6.45) is 0.209. The molecule has 1 rings (SSSR count). The molecule has 0 spiro atoms. The molecule has 3 N–H and O–H groups in total. The molecule has 4 heteroatoms. The van der Waals surface area contributed by atoms with E-state index in [4.69, 9.17) is 21.8 Å². The summed E-state index contributed by atoms with van der Waals surface area (Å²) >= 11 is 5.65. The normalized spacial score (nSPS) is 15.6. The summed E-state index contributed by atoms with van der Waals surface area (Å²) in [6.45, 7) is 4.65. The van der Waals surface area contributed by atoms with E-state index in [1.54, 1.807) is 12.1 Å². The van der Waals surface area contributed by atoms with Crippen LogP contribution in [0.4, 0.5) is 0 Å². The zero-order chi connectivity index (χ0) is 11.4. The molecular formula is C11H18ClNO2. The summed E-state index contributed by atoms with van der Waals surface area (Å²) in [7, 11) is 0. The van der Waals surface area contributed by atoms with Gasteiger partial charge in [0.2, 0.25) is 0 Å². The molecule has 0 bridgehead atoms. The lowest BCUT2D eigenvalue weighted by Crippen LogP contribution is -2.23. The van der Waals surface area contributed by atoms with Crippen LogP contribution in [-0.2, 0) is 0 Å². The van der Waals surface area contributed by atoms with Crippen molar-refractivity contribution in [3.8, 4) is 0 Å². The van der Waals surface area contributed by atoms with Crippen molar-refractivity contribution in [2.45, 2.75) is 26.4 Å². The molecule has 0 aliphatic carbocycles. The van der Waals surface area contributed by atoms with E-state index in [9.17, 15) is 5.11 Å². The SMILES string of the molecule is CC(C)CC(CN)C(O)c1ccc(Cl)o1. The molecule has 86 valence electrons. The van der Waals surface area contributed by atoms with Crippen molar-refractivity contribution in [2.75, 3.05) is 6.54 Å². The van der Waals surface area contributed by atoms with Gasteiger partial charge in [-0.05, 0) is 42.6 Å². The van der Waals surface area contributed by atoms with Gasteiger partial charge in [0.15, 0.2) is 5.22 Å². The Morgan fingerprint density at radius 3 is 2.53 bits per heavy atom. The van der Waals surface area contributed by atoms with Crippen LogP contribution in [0.1, 0.15) is 32.1 Å². The van der Waals surface area contributed by atoms with Gasteiger partial charge in [-0.25, -0.2) is 0 Å². The van der Waals surface area contributed by atoms with Crippen LogP contribution >= 0.6 is 11.6 Å². The molecule has 1 heterocycles. The molecule has 0 aliphatic rings. The fraction of sp³-hybridized carbons (Fsp3) is 0.636. The van der Waals surface area contributed by atoms with E-state index in [-0.39, 0.29) is 5.92 Å². The minimum absolute atomic E-state index is 0.0206. The van der Waals surface area contributed by atoms with Crippen molar-refractivity contribution in [3.63, 3.8) is 0 Å². The highest BCUT2D eigenvalue weighted by Crippen LogP contribution is 2.29. The van der Waals surface area contributed by atoms with Gasteiger partial charge in [0.25, 0.3) is 0 Å². The van der Waals surface area contributed by atoms with Crippen molar-refractivity contribution >= 4 is 11.6 Å². The van der Waals surface area contributed by atoms with Gasteiger partial charge in [-0.3, -0.25) is 0 Å². The average Bonchev–Trinajstić information content (AvgIpc) is 2.60. The molecule has 0 saturated heterocycles. The largest absolute Gasteiger partial charge is 0.447 e. The summed E-state index contributed by atoms with van der Waals surface area (Å²) in [5, 5.41) is 10.3. The Morgan fingerprint density at radius 1 is 1.47 bits per heavy atom. The second-order valence-electron chi connectivity index (χ2n) is 4.21. The lowest BCUT2D eigenvalue weighted by Gasteiger charge is -2.21. The summed E-state index contributed by atoms with van der Waals surface area (Å²) in [5.41, 5.74) is 5.63. The summed E-state index contributed by atoms with van der Waals surface area (Å²) in [4.78, 5) is 0. The van der Waals surface area contributed by atoms with E-state index < -0.39 is 6.10 Å². The zero-order valence-corrected chi connectivity index (χ0v) is 9.87. The van der Waals surface area contributed by atoms with Crippen molar-refractivity contribution in [1.82, 2.24) is 0 Å². The van der Waals surface area contributed by atoms with Crippen molar-refractivity contribution in [1.29, 1.82) is 0 Å². The van der Waals surface area contributed by atoms with Gasteiger partial charge >= 0.3 is 0 Å². The maximum absolute atomic E-state index is 10.0. The molecule has 0 saturated carbocycles. The molecule has 1 aromatic heterocycles. The van der Waals surface area contributed by atoms with Crippen LogP contribution in [0.3, 0.4) is 0 Å². The van der Waals surface area contributed by atoms with Crippen molar-refractivity contribution < 1.29 is 9.52 Å². The molecule has 3 nitrogen and oxygen atoms in total. The Kier molecular flexibility index (Phi) is 4.64. The third-order valence-electron chi connectivity index (χ3n) is 2.41. The number of hydrogen-bond acceptors (Lipinski definition) is 3. The van der Waals surface area contributed by atoms with Crippen LogP contribution in [0, 0.1) is 11.8 Å². The van der Waals surface area contributed by atoms with Crippen LogP contribution in [0.15, 0.2) is 16.5 Å². The van der Waals surface area contributed by atoms with Crippen LogP contribution in [0.25, 0.3) is 0 Å². The first-order chi connectivity index (χ1) is 7.04. The predicted octanol–water partition coefficient (Wildman–Crippen LogP) is 2.59. The summed E-state index contributed by atoms with van der Waals surface area (Å²) in [5.74, 6) is 1.02. The maximum atomic E-state index is 10.0. The standard InChI is InChI=1S/C11H18ClNO2/c1-7(2)5-8(6-13)11(14)9-3-4-10(12)15-9/h3-4,7-8,11,14H,5-6,13H2,1-2H3. The van der Waals surface area contributed by atoms with Crippen LogP contribution in [-0.4, -0.2) is 11.7 Å². The van der Waals surface area contributed by atoms with Crippen molar-refractivity contribution in [3.05, 3.63) is 23.1 Å². The van der Waals surface area contributed by atoms with Crippen LogP contribution < -0.4 is 5.73 Å². The van der Waals surface area contributed by atoms with Gasteiger partial charge in [0.05, 0.1) is 0 Å². The third kappa shape index (κ3) is 3.52. The number of furan rings is 1. The van der Waals surface area contributed by atoms with E-state index in [1.165, 1.54) is 0 Å². The Bertz CT molecular complexity index is 299. The fourth-order valence-electron chi connectivity index (χ4n) is 1.68. The molecule has 0 fully saturated rings. The molecule has 1 aromatic rings. The number of rotatable bonds is 5. The minimum Gasteiger partial charge on any atom is -0.447 e. The number of nitrogens with two attached hydrogens (primary N) is 1. The van der Waals surface area contributed by atoms with E-state index in [1.807, 2.05) is 0 Å². The molecule has 0 radical (unpaired) electrons. The molecule has 0 aromatic carbocycles. The number of hydrogen-bond donors (Lipinski definition) is 2. The van der Waals surface area contributed by atoms with Gasteiger partial charge in [-0.2, -0.15) is 0 Å². The highest BCUT2D eigenvalue weighted by molar-refractivity contribution is 6.28. The number of aliphatic hydroxyl groups is 1. The van der Waals surface area contributed by atoms with Gasteiger partial charge in [-0.1, -0.05) is 13.8 Å². The lowest BCUT2D eigenvalue weighted by atomic mass is 9.91. The molecule has 2 atom stereocenters. The second kappa shape index (κ2) is 5.54. The Labute approximate surface area is 95.2 Å². The smallest absolute Gasteiger partial charge is 0.193 e. The van der Waals surface area contributed by atoms with Gasteiger partial charge < -0.3 is 15.3 Å². The lowest BCUT2D eigenvalue weighted by molar-refractivity contribution is 0.0785. The topological polar surface area (TPSA) is 59.4 Å². The van der Waals surface area contributed by atoms with Gasteiger partial charge in [-0.15, -0.1) is 0 Å². The quantitative estimate of drug-likeness (QED) is 0.819. The predicted molar refractivity (Wildman–Crippen MR) is 60.7 cm³/mol. The summed E-state index contributed by atoms with van der Waals surface area (Å²) < 4.78 is 5.17. The van der Waals surface area contributed by atoms with E-state index in [0.717, 1.165) is 6.42 Å². The first kappa shape index (κ1) is 12.6. The molecular weight excluding hydrogens is 214 g/mol. The first-order valence-corrected chi connectivity index (χ1v) is 5.55. The second-order valence-corrected chi connectivity index (χ2v) is 4.58. The Morgan fingerprint density at radius 2 is 2.13 bits per heavy atom. The van der Waals surface area contributed by atoms with E-state index >= 15 is 0 Å². The Balaban J connectivity index is 2.68. The molecule has 0 aliphatic heterocycles. The van der Waals surface area contributed by atoms with E-state index in [0.29, 0.717) is 23.4 Å². The fourth-order valence-corrected chi connectivity index (χ4v) is 1.83. The van der Waals surface area contributed by atoms with Crippen LogP contribution in [0.5, 0.6) is 0 Å². The Hall–Kier alpha value is -0.510. The van der Waals surface area contributed by atoms with E-state index in [2.05, 4.69) is 13.8 Å². The maximum Gasteiger partial charge on any atom is 0.193 e. The van der Waals surface area contributed by atoms with Crippen LogP contribution in [0.2, 0.25) is 5.22 Å². The third-order valence-corrected chi connectivity index (χ3v) is 2.61. The monoisotopic (exact) mass is 231 g/mol. The molecule has 15 heavy (non-hydrogen) atoms. The van der Waals surface area contributed by atoms with Gasteiger partial charge in [0.1, 0.15) is 11.9 Å². The summed E-state index contributed by atoms with van der Waals surface area (Å²) in [6, 6.07) is 3.32. The van der Waals surface area contributed by atoms with Crippen molar-refractivity contribution in [2.24, 2.45) is 17.6 Å². The average molecular weight is 232 g/mol. The highest BCUT2D eigenvalue weighted by Gasteiger charge is 2.23. The molecule has 2 unspecified atom stereocenters. The number of halogens is 1. The first-order valence-electron chi connectivity index (χ1n) is 5.18. The minimum atomic E-state index is -0.662. The number of aliphatic hydroxyl groups excluding tert-OH is 1. The van der Waals surface area contributed by atoms with Gasteiger partial charge in [0, 0.05) is 5.92 Å². The highest BCUT2D eigenvalue weighted by atomic mass is 35.5. The zero-order valence-electron chi connectivity index (χ0n) is 9.11. The molecule has 0 amide bonds.